The van der Waals surface area contributed by atoms with Gasteiger partial charge in [-0.05, 0) is 46.3 Å². The Bertz CT molecular complexity index is 798. The highest BCUT2D eigenvalue weighted by Crippen LogP contribution is 2.31. The predicted molar refractivity (Wildman–Crippen MR) is 88.3 cm³/mol. The second-order valence-electron chi connectivity index (χ2n) is 4.20. The summed E-state index contributed by atoms with van der Waals surface area (Å²) in [6.45, 7) is 0. The van der Waals surface area contributed by atoms with Crippen molar-refractivity contribution in [3.63, 3.8) is 0 Å². The lowest BCUT2D eigenvalue weighted by atomic mass is 10.2. The maximum Gasteiger partial charge on any atom is 0.129 e. The summed E-state index contributed by atoms with van der Waals surface area (Å²) in [4.78, 5) is 4.52. The third-order valence-electron chi connectivity index (χ3n) is 2.98. The zero-order chi connectivity index (χ0) is 14.3. The number of rotatable bonds is 2. The highest BCUT2D eigenvalue weighted by molar-refractivity contribution is 9.10. The lowest BCUT2D eigenvalue weighted by molar-refractivity contribution is 0.981. The van der Waals surface area contributed by atoms with Crippen molar-refractivity contribution in [2.75, 3.05) is 0 Å². The van der Waals surface area contributed by atoms with Gasteiger partial charge in [-0.2, -0.15) is 0 Å². The van der Waals surface area contributed by atoms with Crippen molar-refractivity contribution in [2.45, 2.75) is 5.88 Å². The van der Waals surface area contributed by atoms with Crippen LogP contribution in [0.2, 0.25) is 10.0 Å². The molecule has 0 unspecified atom stereocenters. The van der Waals surface area contributed by atoms with E-state index in [1.807, 2.05) is 41.0 Å². The molecule has 2 aromatic carbocycles. The first-order chi connectivity index (χ1) is 9.61. The Labute approximate surface area is 139 Å². The average molecular weight is 390 g/mol. The molecule has 0 aliphatic rings. The summed E-state index contributed by atoms with van der Waals surface area (Å²) in [7, 11) is 0. The molecule has 0 radical (unpaired) electrons. The van der Waals surface area contributed by atoms with Crippen LogP contribution < -0.4 is 0 Å². The summed E-state index contributed by atoms with van der Waals surface area (Å²) in [6.07, 6.45) is 0. The molecule has 6 heteroatoms. The minimum atomic E-state index is 0.297. The van der Waals surface area contributed by atoms with Crippen LogP contribution in [0, 0.1) is 0 Å². The number of fused-ring (bicyclic) bond motifs is 1. The van der Waals surface area contributed by atoms with Gasteiger partial charge in [-0.3, -0.25) is 4.57 Å². The monoisotopic (exact) mass is 388 g/mol. The molecule has 0 saturated heterocycles. The summed E-state index contributed by atoms with van der Waals surface area (Å²) in [5.41, 5.74) is 2.57. The molecular weight excluding hydrogens is 382 g/mol. The molecule has 3 aromatic rings. The van der Waals surface area contributed by atoms with Gasteiger partial charge in [0.15, 0.2) is 0 Å². The van der Waals surface area contributed by atoms with E-state index in [1.54, 1.807) is 0 Å². The molecule has 102 valence electrons. The standard InChI is InChI=1S/C14H8BrCl3N2/c15-9-6-8(4-5-10(9)17)20-13(7-16)19-12-3-1-2-11(18)14(12)20/h1-6H,7H2. The van der Waals surface area contributed by atoms with Crippen LogP contribution in [0.3, 0.4) is 0 Å². The number of imidazole rings is 1. The molecule has 0 saturated carbocycles. The fraction of sp³-hybridized carbons (Fsp3) is 0.0714. The summed E-state index contributed by atoms with van der Waals surface area (Å²) in [6, 6.07) is 11.3. The number of aromatic nitrogens is 2. The molecule has 3 rings (SSSR count). The molecular formula is C14H8BrCl3N2. The van der Waals surface area contributed by atoms with Crippen LogP contribution in [-0.4, -0.2) is 9.55 Å². The minimum Gasteiger partial charge on any atom is -0.294 e. The van der Waals surface area contributed by atoms with Crippen LogP contribution in [-0.2, 0) is 5.88 Å². The van der Waals surface area contributed by atoms with Crippen LogP contribution >= 0.6 is 50.7 Å². The zero-order valence-corrected chi connectivity index (χ0v) is 13.9. The van der Waals surface area contributed by atoms with E-state index < -0.39 is 0 Å². The van der Waals surface area contributed by atoms with Gasteiger partial charge >= 0.3 is 0 Å². The number of alkyl halides is 1. The average Bonchev–Trinajstić information content (AvgIpc) is 2.82. The largest absolute Gasteiger partial charge is 0.294 e. The molecule has 0 N–H and O–H groups in total. The highest BCUT2D eigenvalue weighted by Gasteiger charge is 2.14. The second kappa shape index (κ2) is 5.57. The second-order valence-corrected chi connectivity index (χ2v) is 6.14. The normalized spacial score (nSPS) is 11.2. The van der Waals surface area contributed by atoms with Crippen LogP contribution in [0.15, 0.2) is 40.9 Å². The summed E-state index contributed by atoms with van der Waals surface area (Å²) in [5.74, 6) is 1.04. The minimum absolute atomic E-state index is 0.297. The van der Waals surface area contributed by atoms with Gasteiger partial charge in [-0.15, -0.1) is 11.6 Å². The van der Waals surface area contributed by atoms with Gasteiger partial charge in [-0.1, -0.05) is 29.3 Å². The number of hydrogen-bond acceptors (Lipinski definition) is 1. The number of para-hydroxylation sites is 1. The van der Waals surface area contributed by atoms with Crippen molar-refractivity contribution in [2.24, 2.45) is 0 Å². The molecule has 20 heavy (non-hydrogen) atoms. The maximum absolute atomic E-state index is 6.31. The molecule has 1 heterocycles. The van der Waals surface area contributed by atoms with E-state index in [2.05, 4.69) is 20.9 Å². The van der Waals surface area contributed by atoms with Crippen molar-refractivity contribution in [3.05, 3.63) is 56.7 Å². The Balaban J connectivity index is 2.36. The first-order valence-corrected chi connectivity index (χ1v) is 7.87. The fourth-order valence-corrected chi connectivity index (χ4v) is 3.04. The first kappa shape index (κ1) is 14.2. The smallest absolute Gasteiger partial charge is 0.129 e. The van der Waals surface area contributed by atoms with Gasteiger partial charge in [0.25, 0.3) is 0 Å². The topological polar surface area (TPSA) is 17.8 Å². The van der Waals surface area contributed by atoms with Gasteiger partial charge in [-0.25, -0.2) is 4.98 Å². The number of halogens is 4. The molecule has 0 aliphatic carbocycles. The predicted octanol–water partition coefficient (Wildman–Crippen LogP) is 5.83. The van der Waals surface area contributed by atoms with Crippen molar-refractivity contribution >= 4 is 61.8 Å². The molecule has 0 fully saturated rings. The zero-order valence-electron chi connectivity index (χ0n) is 10.1. The third-order valence-corrected chi connectivity index (χ3v) is 4.74. The summed E-state index contributed by atoms with van der Waals surface area (Å²) >= 11 is 21.8. The molecule has 2 nitrogen and oxygen atoms in total. The number of nitrogens with zero attached hydrogens (tertiary/aromatic N) is 2. The Morgan fingerprint density at radius 2 is 1.90 bits per heavy atom. The van der Waals surface area contributed by atoms with E-state index in [1.165, 1.54) is 0 Å². The molecule has 0 aliphatic heterocycles. The van der Waals surface area contributed by atoms with Crippen LogP contribution in [0.5, 0.6) is 0 Å². The molecule has 0 amide bonds. The molecule has 0 atom stereocenters. The Morgan fingerprint density at radius 3 is 2.60 bits per heavy atom. The van der Waals surface area contributed by atoms with Gasteiger partial charge in [0.05, 0.1) is 27.0 Å². The van der Waals surface area contributed by atoms with Gasteiger partial charge in [0.1, 0.15) is 5.82 Å². The van der Waals surface area contributed by atoms with Crippen molar-refractivity contribution in [3.8, 4) is 5.69 Å². The lowest BCUT2D eigenvalue weighted by Gasteiger charge is -2.09. The summed E-state index contributed by atoms with van der Waals surface area (Å²) < 4.78 is 2.76. The van der Waals surface area contributed by atoms with E-state index in [4.69, 9.17) is 34.8 Å². The van der Waals surface area contributed by atoms with Crippen molar-refractivity contribution < 1.29 is 0 Å². The Morgan fingerprint density at radius 1 is 1.10 bits per heavy atom. The van der Waals surface area contributed by atoms with Crippen LogP contribution in [0.1, 0.15) is 5.82 Å². The first-order valence-electron chi connectivity index (χ1n) is 5.79. The fourth-order valence-electron chi connectivity index (χ4n) is 2.13. The number of benzene rings is 2. The van der Waals surface area contributed by atoms with Crippen molar-refractivity contribution in [1.29, 1.82) is 0 Å². The Kier molecular flexibility index (Phi) is 3.95. The van der Waals surface area contributed by atoms with E-state index in [0.717, 1.165) is 27.0 Å². The lowest BCUT2D eigenvalue weighted by Crippen LogP contribution is -1.99. The van der Waals surface area contributed by atoms with Crippen LogP contribution in [0.25, 0.3) is 16.7 Å². The maximum atomic E-state index is 6.31. The molecule has 0 spiro atoms. The molecule has 1 aromatic heterocycles. The highest BCUT2D eigenvalue weighted by atomic mass is 79.9. The van der Waals surface area contributed by atoms with Crippen LogP contribution in [0.4, 0.5) is 0 Å². The Hall–Kier alpha value is -0.740. The SMILES string of the molecule is ClCc1nc2cccc(Cl)c2n1-c1ccc(Cl)c(Br)c1. The quantitative estimate of drug-likeness (QED) is 0.503. The van der Waals surface area contributed by atoms with E-state index in [0.29, 0.717) is 15.9 Å². The summed E-state index contributed by atoms with van der Waals surface area (Å²) in [5, 5.41) is 1.29. The van der Waals surface area contributed by atoms with E-state index in [9.17, 15) is 0 Å². The number of hydrogen-bond donors (Lipinski definition) is 0. The van der Waals surface area contributed by atoms with Crippen molar-refractivity contribution in [1.82, 2.24) is 9.55 Å². The van der Waals surface area contributed by atoms with E-state index >= 15 is 0 Å². The van der Waals surface area contributed by atoms with Gasteiger partial charge in [0.2, 0.25) is 0 Å². The third kappa shape index (κ3) is 2.33. The van der Waals surface area contributed by atoms with Gasteiger partial charge in [0, 0.05) is 10.2 Å². The van der Waals surface area contributed by atoms with E-state index in [-0.39, 0.29) is 0 Å². The van der Waals surface area contributed by atoms with Gasteiger partial charge < -0.3 is 0 Å². The molecule has 0 bridgehead atoms.